The lowest BCUT2D eigenvalue weighted by molar-refractivity contribution is -0.151. The number of rotatable bonds is 7. The summed E-state index contributed by atoms with van der Waals surface area (Å²) in [6.07, 6.45) is 0.703. The van der Waals surface area contributed by atoms with E-state index in [1.165, 1.54) is 6.92 Å². The Morgan fingerprint density at radius 2 is 2.00 bits per heavy atom. The molecule has 0 aromatic rings. The Morgan fingerprint density at radius 3 is 2.44 bits per heavy atom. The van der Waals surface area contributed by atoms with E-state index in [0.717, 1.165) is 6.21 Å². The highest BCUT2D eigenvalue weighted by atomic mass is 16.5. The van der Waals surface area contributed by atoms with Gasteiger partial charge in [-0.2, -0.15) is 0 Å². The highest BCUT2D eigenvalue weighted by Gasteiger charge is 2.23. The Bertz CT molecular complexity index is 372. The smallest absolute Gasteiger partial charge is 0.372 e. The van der Waals surface area contributed by atoms with E-state index in [0.29, 0.717) is 0 Å². The maximum absolute atomic E-state index is 11.6. The summed E-state index contributed by atoms with van der Waals surface area (Å²) in [6, 6.07) is -0.854. The first-order valence-corrected chi connectivity index (χ1v) is 5.57. The standard InChI is InChI=1S/C11H17N3O4/c1-7(2)18-11(17)10(14-8(3)15)5-4-9(16)6-13-12/h6-7,10,12H,4-5H2,1-3H3/p+1/t10-/m0/s1. The van der Waals surface area contributed by atoms with Crippen molar-refractivity contribution >= 4 is 23.9 Å². The van der Waals surface area contributed by atoms with Crippen LogP contribution in [0.15, 0.2) is 0 Å². The lowest BCUT2D eigenvalue weighted by Gasteiger charge is -2.17. The molecule has 1 atom stereocenters. The predicted octanol–water partition coefficient (Wildman–Crippen LogP) is 0.102. The second-order valence-corrected chi connectivity index (χ2v) is 4.00. The summed E-state index contributed by atoms with van der Waals surface area (Å²) in [6.45, 7) is 4.67. The van der Waals surface area contributed by atoms with E-state index >= 15 is 0 Å². The van der Waals surface area contributed by atoms with E-state index in [4.69, 9.17) is 10.3 Å². The fraction of sp³-hybridized carbons (Fsp3) is 0.636. The Labute approximate surface area is 105 Å². The summed E-state index contributed by atoms with van der Waals surface area (Å²) in [7, 11) is 0. The first kappa shape index (κ1) is 16.0. The zero-order valence-corrected chi connectivity index (χ0v) is 10.7. The molecule has 0 saturated heterocycles. The fourth-order valence-electron chi connectivity index (χ4n) is 1.23. The van der Waals surface area contributed by atoms with Crippen molar-refractivity contribution in [3.05, 3.63) is 0 Å². The third kappa shape index (κ3) is 7.29. The van der Waals surface area contributed by atoms with Gasteiger partial charge in [-0.05, 0) is 20.3 Å². The number of ketones is 1. The molecule has 7 heteroatoms. The van der Waals surface area contributed by atoms with Crippen molar-refractivity contribution < 1.29 is 23.9 Å². The van der Waals surface area contributed by atoms with Crippen LogP contribution in [-0.2, 0) is 19.1 Å². The summed E-state index contributed by atoms with van der Waals surface area (Å²) in [5, 5.41) is 2.43. The topological polar surface area (TPSA) is 110 Å². The van der Waals surface area contributed by atoms with Crippen molar-refractivity contribution in [2.45, 2.75) is 45.8 Å². The largest absolute Gasteiger partial charge is 0.461 e. The van der Waals surface area contributed by atoms with Crippen molar-refractivity contribution in [3.8, 4) is 0 Å². The van der Waals surface area contributed by atoms with Crippen molar-refractivity contribution in [3.63, 3.8) is 0 Å². The van der Waals surface area contributed by atoms with Gasteiger partial charge in [0.15, 0.2) is 0 Å². The SMILES string of the molecule is CC(=O)N[C@@H](CCC(=O)C=[N+]=N)C(=O)OC(C)C. The maximum Gasteiger partial charge on any atom is 0.372 e. The molecular weight excluding hydrogens is 238 g/mol. The number of nitrogens with one attached hydrogen (secondary N) is 2. The van der Waals surface area contributed by atoms with Gasteiger partial charge in [-0.15, -0.1) is 0 Å². The molecule has 0 aliphatic heterocycles. The number of esters is 1. The van der Waals surface area contributed by atoms with Crippen molar-refractivity contribution in [1.29, 1.82) is 5.53 Å². The average Bonchev–Trinajstić information content (AvgIpc) is 2.23. The number of nitrogens with zero attached hydrogens (tertiary/aromatic N) is 1. The number of hydrogen-bond acceptors (Lipinski definition) is 5. The molecule has 1 amide bonds. The van der Waals surface area contributed by atoms with E-state index < -0.39 is 12.0 Å². The van der Waals surface area contributed by atoms with Crippen molar-refractivity contribution in [2.24, 2.45) is 0 Å². The van der Waals surface area contributed by atoms with E-state index in [1.54, 1.807) is 13.8 Å². The van der Waals surface area contributed by atoms with Gasteiger partial charge in [0.25, 0.3) is 0 Å². The molecule has 0 aromatic carbocycles. The Morgan fingerprint density at radius 1 is 1.39 bits per heavy atom. The quantitative estimate of drug-likeness (QED) is 0.291. The number of Topliss-reactive ketones (excluding diaryl/α,β-unsaturated/α-hetero) is 1. The van der Waals surface area contributed by atoms with Crippen molar-refractivity contribution in [2.75, 3.05) is 0 Å². The Kier molecular flexibility index (Phi) is 7.23. The van der Waals surface area contributed by atoms with E-state index in [2.05, 4.69) is 10.1 Å². The van der Waals surface area contributed by atoms with Crippen molar-refractivity contribution in [1.82, 2.24) is 5.32 Å². The molecule has 0 bridgehead atoms. The molecule has 0 rings (SSSR count). The molecule has 0 unspecified atom stereocenters. The van der Waals surface area contributed by atoms with Crippen LogP contribution in [0, 0.1) is 5.53 Å². The molecule has 0 aromatic heterocycles. The monoisotopic (exact) mass is 256 g/mol. The van der Waals surface area contributed by atoms with Crippen LogP contribution in [-0.4, -0.2) is 40.8 Å². The molecule has 0 fully saturated rings. The van der Waals surface area contributed by atoms with E-state index in [-0.39, 0.29) is 30.6 Å². The van der Waals surface area contributed by atoms with E-state index in [1.807, 2.05) is 0 Å². The van der Waals surface area contributed by atoms with Crippen LogP contribution >= 0.6 is 0 Å². The van der Waals surface area contributed by atoms with Gasteiger partial charge in [-0.3, -0.25) is 9.59 Å². The van der Waals surface area contributed by atoms with Crippen LogP contribution in [0.4, 0.5) is 0 Å². The van der Waals surface area contributed by atoms with Gasteiger partial charge < -0.3 is 10.1 Å². The summed E-state index contributed by atoms with van der Waals surface area (Å²) in [5.74, 6) is -1.32. The maximum atomic E-state index is 11.6. The molecule has 2 N–H and O–H groups in total. The molecule has 0 aliphatic rings. The molecule has 0 heterocycles. The minimum absolute atomic E-state index is 0.0144. The summed E-state index contributed by atoms with van der Waals surface area (Å²) in [5.41, 5.74) is 6.50. The summed E-state index contributed by atoms with van der Waals surface area (Å²) in [4.78, 5) is 36.6. The third-order valence-electron chi connectivity index (χ3n) is 1.90. The molecule has 0 radical (unpaired) electrons. The van der Waals surface area contributed by atoms with Gasteiger partial charge in [0.2, 0.25) is 11.7 Å². The van der Waals surface area contributed by atoms with Crippen LogP contribution in [0.3, 0.4) is 0 Å². The fourth-order valence-corrected chi connectivity index (χ4v) is 1.23. The molecule has 7 nitrogen and oxygen atoms in total. The first-order chi connectivity index (χ1) is 8.36. The second-order valence-electron chi connectivity index (χ2n) is 4.00. The van der Waals surface area contributed by atoms with Crippen LogP contribution in [0.1, 0.15) is 33.6 Å². The molecule has 18 heavy (non-hydrogen) atoms. The normalized spacial score (nSPS) is 11.3. The molecule has 0 aliphatic carbocycles. The first-order valence-electron chi connectivity index (χ1n) is 5.57. The molecular formula is C11H18N3O4+. The Balaban J connectivity index is 4.48. The zero-order valence-electron chi connectivity index (χ0n) is 10.7. The van der Waals surface area contributed by atoms with Gasteiger partial charge >= 0.3 is 12.2 Å². The number of amides is 1. The third-order valence-corrected chi connectivity index (χ3v) is 1.90. The highest BCUT2D eigenvalue weighted by molar-refractivity contribution is 6.25. The van der Waals surface area contributed by atoms with Crippen LogP contribution in [0.25, 0.3) is 0 Å². The summed E-state index contributed by atoms with van der Waals surface area (Å²) >= 11 is 0. The molecule has 0 spiro atoms. The van der Waals surface area contributed by atoms with Gasteiger partial charge in [-0.1, -0.05) is 0 Å². The predicted molar refractivity (Wildman–Crippen MR) is 62.1 cm³/mol. The number of hydrogen-bond donors (Lipinski definition) is 2. The molecule has 100 valence electrons. The summed E-state index contributed by atoms with van der Waals surface area (Å²) < 4.78 is 4.97. The number of carbonyl (C=O) groups is 3. The lowest BCUT2D eigenvalue weighted by atomic mass is 10.1. The van der Waals surface area contributed by atoms with E-state index in [9.17, 15) is 14.4 Å². The Hall–Kier alpha value is -2.01. The van der Waals surface area contributed by atoms with Crippen LogP contribution in [0.5, 0.6) is 0 Å². The minimum atomic E-state index is -0.854. The number of carbonyl (C=O) groups excluding carboxylic acids is 3. The average molecular weight is 256 g/mol. The van der Waals surface area contributed by atoms with Gasteiger partial charge in [0.05, 0.1) is 16.4 Å². The van der Waals surface area contributed by atoms with Gasteiger partial charge in [-0.25, -0.2) is 4.79 Å². The highest BCUT2D eigenvalue weighted by Crippen LogP contribution is 2.03. The van der Waals surface area contributed by atoms with Crippen LogP contribution < -0.4 is 5.32 Å². The van der Waals surface area contributed by atoms with Gasteiger partial charge in [0.1, 0.15) is 6.04 Å². The second kappa shape index (κ2) is 8.14. The number of ether oxygens (including phenoxy) is 1. The van der Waals surface area contributed by atoms with Crippen LogP contribution in [0.2, 0.25) is 0 Å². The zero-order chi connectivity index (χ0) is 14.1. The minimum Gasteiger partial charge on any atom is -0.461 e. The molecule has 0 saturated carbocycles. The lowest BCUT2D eigenvalue weighted by Crippen LogP contribution is -2.41. The van der Waals surface area contributed by atoms with Gasteiger partial charge in [0, 0.05) is 13.3 Å².